The number of carbonyl (C=O) groups excluding carboxylic acids is 1. The number of nitrogens with one attached hydrogen (secondary N) is 1. The van der Waals surface area contributed by atoms with E-state index in [1.165, 1.54) is 0 Å². The Morgan fingerprint density at radius 3 is 2.95 bits per heavy atom. The number of carbonyl (C=O) groups is 1. The molecule has 0 unspecified atom stereocenters. The summed E-state index contributed by atoms with van der Waals surface area (Å²) in [5.41, 5.74) is 2.96. The molecule has 0 fully saturated rings. The van der Waals surface area contributed by atoms with E-state index in [-0.39, 0.29) is 11.9 Å². The Balaban J connectivity index is 2.17. The lowest BCUT2D eigenvalue weighted by Gasteiger charge is -2.33. The third-order valence-electron chi connectivity index (χ3n) is 3.93. The minimum absolute atomic E-state index is 0.0932. The van der Waals surface area contributed by atoms with Crippen LogP contribution in [0.1, 0.15) is 24.2 Å². The van der Waals surface area contributed by atoms with E-state index in [2.05, 4.69) is 4.98 Å². The summed E-state index contributed by atoms with van der Waals surface area (Å²) in [4.78, 5) is 16.8. The van der Waals surface area contributed by atoms with Gasteiger partial charge in [-0.25, -0.2) is 0 Å². The number of aliphatic hydroxyl groups is 1. The fourth-order valence-electron chi connectivity index (χ4n) is 2.97. The molecule has 2 aromatic rings. The minimum Gasteiger partial charge on any atom is -0.387 e. The van der Waals surface area contributed by atoms with E-state index in [1.54, 1.807) is 11.0 Å². The molecular weight excluding hydrogens is 299 g/mol. The van der Waals surface area contributed by atoms with Crippen LogP contribution in [-0.4, -0.2) is 34.0 Å². The van der Waals surface area contributed by atoms with Crippen molar-refractivity contribution in [1.29, 1.82) is 0 Å². The van der Waals surface area contributed by atoms with E-state index in [0.29, 0.717) is 23.0 Å². The molecule has 0 saturated heterocycles. The van der Waals surface area contributed by atoms with E-state index < -0.39 is 6.61 Å². The molecule has 3 rings (SSSR count). The molecule has 0 radical (unpaired) electrons. The molecule has 2 heterocycles. The molecule has 4 nitrogen and oxygen atoms in total. The first-order chi connectivity index (χ1) is 9.54. The molecule has 0 saturated carbocycles. The number of halogens is 2. The van der Waals surface area contributed by atoms with E-state index in [4.69, 9.17) is 28.3 Å². The number of benzene rings is 1. The van der Waals surface area contributed by atoms with Crippen LogP contribution in [0.25, 0.3) is 10.9 Å². The molecule has 1 aromatic carbocycles. The predicted molar refractivity (Wildman–Crippen MR) is 79.2 cm³/mol. The Labute approximate surface area is 126 Å². The molecule has 0 spiro atoms. The van der Waals surface area contributed by atoms with E-state index in [9.17, 15) is 4.79 Å². The first-order valence-electron chi connectivity index (χ1n) is 6.43. The summed E-state index contributed by atoms with van der Waals surface area (Å²) >= 11 is 12.3. The second-order valence-corrected chi connectivity index (χ2v) is 5.76. The van der Waals surface area contributed by atoms with Gasteiger partial charge in [-0.1, -0.05) is 29.3 Å². The average molecular weight is 313 g/mol. The summed E-state index contributed by atoms with van der Waals surface area (Å²) in [5, 5.41) is 11.1. The second kappa shape index (κ2) is 4.95. The zero-order valence-corrected chi connectivity index (χ0v) is 12.4. The monoisotopic (exact) mass is 312 g/mol. The third-order valence-corrected chi connectivity index (χ3v) is 4.73. The number of amides is 1. The summed E-state index contributed by atoms with van der Waals surface area (Å²) in [6.45, 7) is 2.09. The van der Waals surface area contributed by atoms with Crippen molar-refractivity contribution in [2.75, 3.05) is 13.2 Å². The van der Waals surface area contributed by atoms with Crippen molar-refractivity contribution in [2.45, 2.75) is 19.4 Å². The van der Waals surface area contributed by atoms with E-state index in [0.717, 1.165) is 22.2 Å². The fourth-order valence-corrected chi connectivity index (χ4v) is 3.34. The average Bonchev–Trinajstić information content (AvgIpc) is 2.83. The van der Waals surface area contributed by atoms with Crippen molar-refractivity contribution in [1.82, 2.24) is 9.88 Å². The molecule has 1 amide bonds. The van der Waals surface area contributed by atoms with Gasteiger partial charge in [-0.3, -0.25) is 4.79 Å². The van der Waals surface area contributed by atoms with Gasteiger partial charge in [0, 0.05) is 29.6 Å². The zero-order valence-electron chi connectivity index (χ0n) is 10.9. The first-order valence-corrected chi connectivity index (χ1v) is 7.19. The van der Waals surface area contributed by atoms with Crippen molar-refractivity contribution in [3.8, 4) is 0 Å². The van der Waals surface area contributed by atoms with Crippen LogP contribution in [0.2, 0.25) is 10.0 Å². The predicted octanol–water partition coefficient (Wildman–Crippen LogP) is 2.91. The molecule has 0 bridgehead atoms. The Morgan fingerprint density at radius 2 is 2.25 bits per heavy atom. The lowest BCUT2D eigenvalue weighted by atomic mass is 9.97. The van der Waals surface area contributed by atoms with E-state index >= 15 is 0 Å². The topological polar surface area (TPSA) is 56.3 Å². The molecular formula is C14H14Cl2N2O2. The Bertz CT molecular complexity index is 696. The van der Waals surface area contributed by atoms with Crippen molar-refractivity contribution >= 4 is 40.0 Å². The standard InChI is InChI=1S/C14H14Cl2N2O2/c1-7-12-8-2-3-9(15)13(16)14(8)17-10(12)4-5-18(7)11(20)6-19/h2-3,7,17,19H,4-6H2,1H3/t7-/m0/s1. The number of fused-ring (bicyclic) bond motifs is 3. The molecule has 106 valence electrons. The lowest BCUT2D eigenvalue weighted by Crippen LogP contribution is -2.40. The van der Waals surface area contributed by atoms with Crippen molar-refractivity contribution in [3.05, 3.63) is 33.4 Å². The van der Waals surface area contributed by atoms with Gasteiger partial charge in [-0.2, -0.15) is 0 Å². The first kappa shape index (κ1) is 13.7. The number of hydrogen-bond acceptors (Lipinski definition) is 2. The molecule has 6 heteroatoms. The SMILES string of the molecule is C[C@H]1c2c([nH]c3c(Cl)c(Cl)ccc23)CCN1C(=O)CO. The van der Waals surface area contributed by atoms with Gasteiger partial charge in [0.15, 0.2) is 0 Å². The lowest BCUT2D eigenvalue weighted by molar-refractivity contribution is -0.136. The van der Waals surface area contributed by atoms with Gasteiger partial charge in [0.1, 0.15) is 6.61 Å². The van der Waals surface area contributed by atoms with Gasteiger partial charge >= 0.3 is 0 Å². The maximum absolute atomic E-state index is 11.8. The largest absolute Gasteiger partial charge is 0.387 e. The molecule has 1 aliphatic rings. The normalized spacial score (nSPS) is 18.4. The molecule has 1 aliphatic heterocycles. The maximum Gasteiger partial charge on any atom is 0.248 e. The summed E-state index contributed by atoms with van der Waals surface area (Å²) < 4.78 is 0. The van der Waals surface area contributed by atoms with Gasteiger partial charge in [-0.05, 0) is 13.0 Å². The van der Waals surface area contributed by atoms with Crippen LogP contribution < -0.4 is 0 Å². The highest BCUT2D eigenvalue weighted by Crippen LogP contribution is 2.39. The number of hydrogen-bond donors (Lipinski definition) is 2. The van der Waals surface area contributed by atoms with Crippen LogP contribution in [0.5, 0.6) is 0 Å². The Hall–Kier alpha value is -1.23. The van der Waals surface area contributed by atoms with Gasteiger partial charge in [0.05, 0.1) is 21.6 Å². The molecule has 0 aliphatic carbocycles. The number of aromatic amines is 1. The van der Waals surface area contributed by atoms with Crippen LogP contribution in [0.3, 0.4) is 0 Å². The highest BCUT2D eigenvalue weighted by atomic mass is 35.5. The van der Waals surface area contributed by atoms with Crippen LogP contribution >= 0.6 is 23.2 Å². The Morgan fingerprint density at radius 1 is 1.50 bits per heavy atom. The van der Waals surface area contributed by atoms with Crippen LogP contribution in [0, 0.1) is 0 Å². The summed E-state index contributed by atoms with van der Waals surface area (Å²) in [6.07, 6.45) is 0.716. The highest BCUT2D eigenvalue weighted by Gasteiger charge is 2.30. The number of aliphatic hydroxyl groups excluding tert-OH is 1. The summed E-state index contributed by atoms with van der Waals surface area (Å²) in [7, 11) is 0. The van der Waals surface area contributed by atoms with Crippen LogP contribution in [0.15, 0.2) is 12.1 Å². The summed E-state index contributed by atoms with van der Waals surface area (Å²) in [5.74, 6) is -0.252. The highest BCUT2D eigenvalue weighted by molar-refractivity contribution is 6.45. The zero-order chi connectivity index (χ0) is 14.4. The van der Waals surface area contributed by atoms with Crippen LogP contribution in [-0.2, 0) is 11.2 Å². The van der Waals surface area contributed by atoms with Crippen LogP contribution in [0.4, 0.5) is 0 Å². The second-order valence-electron chi connectivity index (χ2n) is 4.97. The smallest absolute Gasteiger partial charge is 0.248 e. The molecule has 1 atom stereocenters. The summed E-state index contributed by atoms with van der Waals surface area (Å²) in [6, 6.07) is 3.59. The van der Waals surface area contributed by atoms with Gasteiger partial charge in [0.2, 0.25) is 5.91 Å². The van der Waals surface area contributed by atoms with Gasteiger partial charge in [-0.15, -0.1) is 0 Å². The third kappa shape index (κ3) is 1.91. The van der Waals surface area contributed by atoms with E-state index in [1.807, 2.05) is 13.0 Å². The minimum atomic E-state index is -0.464. The van der Waals surface area contributed by atoms with Gasteiger partial charge < -0.3 is 15.0 Å². The van der Waals surface area contributed by atoms with Crippen molar-refractivity contribution in [3.63, 3.8) is 0 Å². The quantitative estimate of drug-likeness (QED) is 0.850. The number of rotatable bonds is 1. The number of aromatic nitrogens is 1. The van der Waals surface area contributed by atoms with Gasteiger partial charge in [0.25, 0.3) is 0 Å². The fraction of sp³-hybridized carbons (Fsp3) is 0.357. The van der Waals surface area contributed by atoms with Crippen molar-refractivity contribution < 1.29 is 9.90 Å². The molecule has 1 aromatic heterocycles. The number of nitrogens with zero attached hydrogens (tertiary/aromatic N) is 1. The Kier molecular flexibility index (Phi) is 3.40. The molecule has 20 heavy (non-hydrogen) atoms. The van der Waals surface area contributed by atoms with Crippen molar-refractivity contribution in [2.24, 2.45) is 0 Å². The molecule has 2 N–H and O–H groups in total. The maximum atomic E-state index is 11.8. The number of H-pyrrole nitrogens is 1.